The van der Waals surface area contributed by atoms with Gasteiger partial charge in [0.1, 0.15) is 11.9 Å². The lowest BCUT2D eigenvalue weighted by atomic mass is 10.1. The Morgan fingerprint density at radius 3 is 2.92 bits per heavy atom. The van der Waals surface area contributed by atoms with Crippen molar-refractivity contribution in [2.24, 2.45) is 0 Å². The summed E-state index contributed by atoms with van der Waals surface area (Å²) in [6, 6.07) is 9.89. The van der Waals surface area contributed by atoms with Gasteiger partial charge in [-0.3, -0.25) is 9.78 Å². The minimum Gasteiger partial charge on any atom is -0.388 e. The van der Waals surface area contributed by atoms with Crippen molar-refractivity contribution in [2.45, 2.75) is 13.0 Å². The number of hydrogen-bond acceptors (Lipinski definition) is 4. The minimum absolute atomic E-state index is 0.0891. The molecule has 1 atom stereocenters. The number of aryl methyl sites for hydroxylation is 1. The van der Waals surface area contributed by atoms with Gasteiger partial charge in [0.2, 0.25) is 0 Å². The van der Waals surface area contributed by atoms with E-state index in [1.165, 1.54) is 12.1 Å². The molecule has 0 bridgehead atoms. The molecule has 3 rings (SSSR count). The molecule has 1 aliphatic heterocycles. The van der Waals surface area contributed by atoms with E-state index in [2.05, 4.69) is 10.3 Å². The number of rotatable bonds is 3. The highest BCUT2D eigenvalue weighted by atomic mass is 19.1. The number of morpholine rings is 1. The van der Waals surface area contributed by atoms with Gasteiger partial charge >= 0.3 is 0 Å². The molecule has 126 valence electrons. The molecule has 2 heterocycles. The van der Waals surface area contributed by atoms with E-state index in [-0.39, 0.29) is 17.6 Å². The zero-order valence-electron chi connectivity index (χ0n) is 13.8. The third-order valence-corrected chi connectivity index (χ3v) is 4.05. The van der Waals surface area contributed by atoms with Crippen molar-refractivity contribution in [1.82, 2.24) is 9.88 Å². The predicted molar refractivity (Wildman–Crippen MR) is 89.5 cm³/mol. The van der Waals surface area contributed by atoms with E-state index < -0.39 is 5.82 Å². The number of aromatic nitrogens is 1. The number of carbonyl (C=O) groups is 1. The third kappa shape index (κ3) is 3.38. The van der Waals surface area contributed by atoms with Crippen LogP contribution in [0.15, 0.2) is 36.4 Å². The predicted octanol–water partition coefficient (Wildman–Crippen LogP) is 2.78. The standard InChI is InChI=1S/C18H20FN3O2/c1-12-9-13(20-2)10-16(21-12)17-11-22(7-8-24-17)18(23)14-5-3-4-6-15(14)19/h3-6,9-10,17H,7-8,11H2,1-2H3,(H,20,21)/t17-/m1/s1. The fourth-order valence-corrected chi connectivity index (χ4v) is 2.82. The summed E-state index contributed by atoms with van der Waals surface area (Å²) in [5.74, 6) is -0.820. The maximum atomic E-state index is 13.9. The molecule has 5 nitrogen and oxygen atoms in total. The Labute approximate surface area is 140 Å². The fraction of sp³-hybridized carbons (Fsp3) is 0.333. The number of nitrogens with one attached hydrogen (secondary N) is 1. The molecule has 0 spiro atoms. The number of anilines is 1. The van der Waals surface area contributed by atoms with E-state index in [0.717, 1.165) is 17.1 Å². The van der Waals surface area contributed by atoms with Crippen molar-refractivity contribution in [3.8, 4) is 0 Å². The first-order chi connectivity index (χ1) is 11.6. The molecule has 6 heteroatoms. The normalized spacial score (nSPS) is 17.6. The zero-order chi connectivity index (χ0) is 17.1. The van der Waals surface area contributed by atoms with Crippen LogP contribution in [-0.4, -0.2) is 42.5 Å². The number of carbonyl (C=O) groups excluding carboxylic acids is 1. The lowest BCUT2D eigenvalue weighted by Crippen LogP contribution is -2.42. The Bertz CT molecular complexity index is 751. The lowest BCUT2D eigenvalue weighted by molar-refractivity contribution is -0.0248. The van der Waals surface area contributed by atoms with Gasteiger partial charge < -0.3 is 15.0 Å². The van der Waals surface area contributed by atoms with Crippen LogP contribution in [0.5, 0.6) is 0 Å². The van der Waals surface area contributed by atoms with Crippen molar-refractivity contribution in [2.75, 3.05) is 32.1 Å². The van der Waals surface area contributed by atoms with Crippen LogP contribution in [0.2, 0.25) is 0 Å². The molecule has 0 unspecified atom stereocenters. The van der Waals surface area contributed by atoms with Gasteiger partial charge in [-0.05, 0) is 31.2 Å². The number of hydrogen-bond donors (Lipinski definition) is 1. The van der Waals surface area contributed by atoms with Crippen LogP contribution in [0.1, 0.15) is 27.8 Å². The smallest absolute Gasteiger partial charge is 0.257 e. The van der Waals surface area contributed by atoms with Gasteiger partial charge in [-0.25, -0.2) is 4.39 Å². The third-order valence-electron chi connectivity index (χ3n) is 4.05. The molecule has 0 aliphatic carbocycles. The van der Waals surface area contributed by atoms with Gasteiger partial charge in [0.05, 0.1) is 24.4 Å². The number of benzene rings is 1. The van der Waals surface area contributed by atoms with Crippen LogP contribution in [0, 0.1) is 12.7 Å². The second kappa shape index (κ2) is 6.97. The molecule has 1 amide bonds. The van der Waals surface area contributed by atoms with Gasteiger partial charge in [0, 0.05) is 25.0 Å². The Balaban J connectivity index is 1.81. The topological polar surface area (TPSA) is 54.5 Å². The highest BCUT2D eigenvalue weighted by Crippen LogP contribution is 2.25. The second-order valence-electron chi connectivity index (χ2n) is 5.76. The summed E-state index contributed by atoms with van der Waals surface area (Å²) >= 11 is 0. The van der Waals surface area contributed by atoms with Crippen molar-refractivity contribution in [3.63, 3.8) is 0 Å². The number of amides is 1. The molecule has 0 saturated carbocycles. The molecule has 1 fully saturated rings. The number of ether oxygens (including phenoxy) is 1. The SMILES string of the molecule is CNc1cc(C)nc([C@H]2CN(C(=O)c3ccccc3F)CCO2)c1. The molecule has 0 radical (unpaired) electrons. The first-order valence-corrected chi connectivity index (χ1v) is 7.90. The van der Waals surface area contributed by atoms with Crippen LogP contribution >= 0.6 is 0 Å². The zero-order valence-corrected chi connectivity index (χ0v) is 13.8. The van der Waals surface area contributed by atoms with E-state index >= 15 is 0 Å². The average molecular weight is 329 g/mol. The van der Waals surface area contributed by atoms with Gasteiger partial charge in [-0.2, -0.15) is 0 Å². The average Bonchev–Trinajstić information content (AvgIpc) is 2.61. The molecule has 1 aromatic heterocycles. The highest BCUT2D eigenvalue weighted by molar-refractivity contribution is 5.94. The molecule has 2 aromatic rings. The summed E-state index contributed by atoms with van der Waals surface area (Å²) < 4.78 is 19.7. The Kier molecular flexibility index (Phi) is 4.76. The monoisotopic (exact) mass is 329 g/mol. The Morgan fingerprint density at radius 2 is 2.17 bits per heavy atom. The van der Waals surface area contributed by atoms with E-state index in [1.54, 1.807) is 17.0 Å². The van der Waals surface area contributed by atoms with Crippen molar-refractivity contribution >= 4 is 11.6 Å². The van der Waals surface area contributed by atoms with Crippen LogP contribution in [0.3, 0.4) is 0 Å². The van der Waals surface area contributed by atoms with Crippen LogP contribution in [0.25, 0.3) is 0 Å². The maximum Gasteiger partial charge on any atom is 0.257 e. The van der Waals surface area contributed by atoms with Crippen LogP contribution in [-0.2, 0) is 4.74 Å². The molecule has 1 saturated heterocycles. The molecule has 1 aliphatic rings. The molecule has 1 aromatic carbocycles. The van der Waals surface area contributed by atoms with Gasteiger partial charge in [0.25, 0.3) is 5.91 Å². The second-order valence-corrected chi connectivity index (χ2v) is 5.76. The summed E-state index contributed by atoms with van der Waals surface area (Å²) in [4.78, 5) is 18.7. The first-order valence-electron chi connectivity index (χ1n) is 7.90. The highest BCUT2D eigenvalue weighted by Gasteiger charge is 2.28. The number of nitrogens with zero attached hydrogens (tertiary/aromatic N) is 2. The van der Waals surface area contributed by atoms with Gasteiger partial charge in [-0.15, -0.1) is 0 Å². The largest absolute Gasteiger partial charge is 0.388 e. The van der Waals surface area contributed by atoms with Crippen LogP contribution in [0.4, 0.5) is 10.1 Å². The van der Waals surface area contributed by atoms with E-state index in [1.807, 2.05) is 26.1 Å². The van der Waals surface area contributed by atoms with E-state index in [4.69, 9.17) is 4.74 Å². The molecule has 24 heavy (non-hydrogen) atoms. The van der Waals surface area contributed by atoms with E-state index in [0.29, 0.717) is 19.7 Å². The fourth-order valence-electron chi connectivity index (χ4n) is 2.82. The summed E-state index contributed by atoms with van der Waals surface area (Å²) in [7, 11) is 1.84. The Hall–Kier alpha value is -2.47. The van der Waals surface area contributed by atoms with Crippen molar-refractivity contribution in [1.29, 1.82) is 0 Å². The van der Waals surface area contributed by atoms with Crippen molar-refractivity contribution in [3.05, 3.63) is 59.2 Å². The lowest BCUT2D eigenvalue weighted by Gasteiger charge is -2.33. The number of halogens is 1. The van der Waals surface area contributed by atoms with Gasteiger partial charge in [-0.1, -0.05) is 12.1 Å². The molecular formula is C18H20FN3O2. The maximum absolute atomic E-state index is 13.9. The summed E-state index contributed by atoms with van der Waals surface area (Å²) in [6.07, 6.45) is -0.318. The molecule has 1 N–H and O–H groups in total. The summed E-state index contributed by atoms with van der Waals surface area (Å²) in [6.45, 7) is 3.10. The summed E-state index contributed by atoms with van der Waals surface area (Å²) in [5.41, 5.74) is 2.67. The first kappa shape index (κ1) is 16.4. The van der Waals surface area contributed by atoms with Gasteiger partial charge in [0.15, 0.2) is 0 Å². The minimum atomic E-state index is -0.503. The Morgan fingerprint density at radius 1 is 1.38 bits per heavy atom. The van der Waals surface area contributed by atoms with Crippen molar-refractivity contribution < 1.29 is 13.9 Å². The summed E-state index contributed by atoms with van der Waals surface area (Å²) in [5, 5.41) is 3.09. The number of pyridine rings is 1. The van der Waals surface area contributed by atoms with Crippen LogP contribution < -0.4 is 5.32 Å². The van der Waals surface area contributed by atoms with E-state index in [9.17, 15) is 9.18 Å². The molecular weight excluding hydrogens is 309 g/mol. The quantitative estimate of drug-likeness (QED) is 0.941.